The summed E-state index contributed by atoms with van der Waals surface area (Å²) in [6, 6.07) is 4.79. The molecule has 1 rings (SSSR count). The number of benzene rings is 1. The molecule has 0 heterocycles. The Balaban J connectivity index is 3.01. The van der Waals surface area contributed by atoms with Crippen molar-refractivity contribution in [1.29, 1.82) is 0 Å². The first-order valence-electron chi connectivity index (χ1n) is 5.17. The summed E-state index contributed by atoms with van der Waals surface area (Å²) < 4.78 is 4.60. The van der Waals surface area contributed by atoms with E-state index in [2.05, 4.69) is 17.4 Å². The van der Waals surface area contributed by atoms with E-state index in [1.807, 2.05) is 0 Å². The van der Waals surface area contributed by atoms with Crippen molar-refractivity contribution in [3.8, 4) is 0 Å². The van der Waals surface area contributed by atoms with Gasteiger partial charge >= 0.3 is 5.97 Å². The molecule has 1 aromatic rings. The summed E-state index contributed by atoms with van der Waals surface area (Å²) in [5.74, 6) is -0.261. The molecule has 1 aromatic carbocycles. The van der Waals surface area contributed by atoms with E-state index in [-0.39, 0.29) is 5.75 Å². The predicted molar refractivity (Wildman–Crippen MR) is 67.3 cm³/mol. The van der Waals surface area contributed by atoms with Crippen molar-refractivity contribution in [2.45, 2.75) is 19.1 Å². The van der Waals surface area contributed by atoms with E-state index < -0.39 is 18.2 Å². The number of thiol groups is 1. The molecule has 94 valence electrons. The topological polar surface area (TPSA) is 66.8 Å². The summed E-state index contributed by atoms with van der Waals surface area (Å²) in [7, 11) is 1.31. The van der Waals surface area contributed by atoms with Crippen molar-refractivity contribution in [3.05, 3.63) is 34.9 Å². The third kappa shape index (κ3) is 3.21. The molecule has 0 fully saturated rings. The molecule has 0 spiro atoms. The monoisotopic (exact) mass is 256 g/mol. The molecule has 0 amide bonds. The molecule has 0 bridgehead atoms. The second-order valence-corrected chi connectivity index (χ2v) is 4.12. The minimum atomic E-state index is -1.00. The van der Waals surface area contributed by atoms with Crippen LogP contribution < -0.4 is 0 Å². The van der Waals surface area contributed by atoms with Gasteiger partial charge in [-0.1, -0.05) is 6.07 Å². The fraction of sp³-hybridized carbons (Fsp3) is 0.417. The quantitative estimate of drug-likeness (QED) is 0.557. The molecule has 2 atom stereocenters. The predicted octanol–water partition coefficient (Wildman–Crippen LogP) is 1.11. The molecular weight excluding hydrogens is 240 g/mol. The highest BCUT2D eigenvalue weighted by Gasteiger charge is 2.19. The van der Waals surface area contributed by atoms with E-state index in [1.165, 1.54) is 7.11 Å². The maximum atomic E-state index is 11.3. The summed E-state index contributed by atoms with van der Waals surface area (Å²) in [4.78, 5) is 11.3. The number of methoxy groups -OCH3 is 1. The highest BCUT2D eigenvalue weighted by Crippen LogP contribution is 2.22. The molecular formula is C12H16O4S. The van der Waals surface area contributed by atoms with Crippen LogP contribution in [0.4, 0.5) is 0 Å². The molecule has 0 saturated heterocycles. The molecule has 4 nitrogen and oxygen atoms in total. The van der Waals surface area contributed by atoms with Crippen LogP contribution >= 0.6 is 12.6 Å². The van der Waals surface area contributed by atoms with Crippen LogP contribution in [0.3, 0.4) is 0 Å². The molecule has 0 radical (unpaired) electrons. The number of hydrogen-bond acceptors (Lipinski definition) is 5. The molecule has 2 unspecified atom stereocenters. The van der Waals surface area contributed by atoms with Crippen molar-refractivity contribution < 1.29 is 19.7 Å². The van der Waals surface area contributed by atoms with Gasteiger partial charge in [-0.3, -0.25) is 0 Å². The van der Waals surface area contributed by atoms with E-state index in [9.17, 15) is 15.0 Å². The Morgan fingerprint density at radius 1 is 1.47 bits per heavy atom. The standard InChI is InChI=1S/C12H16O4S/c1-7-5-8(12(15)16-2)3-4-9(7)11(14)10(13)6-17/h3-5,10-11,13-14,17H,6H2,1-2H3. The SMILES string of the molecule is COC(=O)c1ccc(C(O)C(O)CS)c(C)c1. The van der Waals surface area contributed by atoms with Gasteiger partial charge in [0, 0.05) is 5.75 Å². The molecule has 0 aliphatic heterocycles. The summed E-state index contributed by atoms with van der Waals surface area (Å²) in [5, 5.41) is 19.4. The van der Waals surface area contributed by atoms with Crippen molar-refractivity contribution in [1.82, 2.24) is 0 Å². The van der Waals surface area contributed by atoms with Gasteiger partial charge in [0.1, 0.15) is 6.10 Å². The second kappa shape index (κ2) is 6.05. The summed E-state index contributed by atoms with van der Waals surface area (Å²) in [6.07, 6.45) is -1.93. The molecule has 0 aliphatic carbocycles. The fourth-order valence-electron chi connectivity index (χ4n) is 1.56. The Labute approximate surface area is 106 Å². The summed E-state index contributed by atoms with van der Waals surface area (Å²) in [6.45, 7) is 1.76. The van der Waals surface area contributed by atoms with Gasteiger partial charge in [-0.15, -0.1) is 0 Å². The van der Waals surface area contributed by atoms with E-state index in [0.29, 0.717) is 11.1 Å². The zero-order valence-electron chi connectivity index (χ0n) is 9.75. The van der Waals surface area contributed by atoms with Gasteiger partial charge in [0.05, 0.1) is 18.8 Å². The van der Waals surface area contributed by atoms with Crippen molar-refractivity contribution in [2.24, 2.45) is 0 Å². The zero-order valence-corrected chi connectivity index (χ0v) is 10.6. The van der Waals surface area contributed by atoms with E-state index in [4.69, 9.17) is 0 Å². The van der Waals surface area contributed by atoms with Gasteiger partial charge in [-0.25, -0.2) is 4.79 Å². The number of aryl methyl sites for hydroxylation is 1. The molecule has 0 saturated carbocycles. The van der Waals surface area contributed by atoms with Crippen LogP contribution in [-0.2, 0) is 4.74 Å². The fourth-order valence-corrected chi connectivity index (χ4v) is 1.76. The summed E-state index contributed by atoms with van der Waals surface area (Å²) in [5.41, 5.74) is 1.72. The first-order chi connectivity index (χ1) is 8.01. The lowest BCUT2D eigenvalue weighted by Crippen LogP contribution is -2.20. The number of aliphatic hydroxyl groups is 2. The lowest BCUT2D eigenvalue weighted by molar-refractivity contribution is 0.0333. The van der Waals surface area contributed by atoms with Gasteiger partial charge in [-0.05, 0) is 30.2 Å². The smallest absolute Gasteiger partial charge is 0.337 e. The average molecular weight is 256 g/mol. The van der Waals surface area contributed by atoms with Gasteiger partial charge in [0.25, 0.3) is 0 Å². The number of carbonyl (C=O) groups excluding carboxylic acids is 1. The zero-order chi connectivity index (χ0) is 13.0. The maximum Gasteiger partial charge on any atom is 0.337 e. The minimum Gasteiger partial charge on any atom is -0.465 e. The van der Waals surface area contributed by atoms with Crippen LogP contribution in [0.1, 0.15) is 27.6 Å². The van der Waals surface area contributed by atoms with Crippen LogP contribution in [-0.4, -0.2) is 35.1 Å². The van der Waals surface area contributed by atoms with E-state index in [0.717, 1.165) is 5.56 Å². The van der Waals surface area contributed by atoms with Crippen LogP contribution in [0.25, 0.3) is 0 Å². The molecule has 17 heavy (non-hydrogen) atoms. The first kappa shape index (κ1) is 14.0. The van der Waals surface area contributed by atoms with E-state index in [1.54, 1.807) is 25.1 Å². The van der Waals surface area contributed by atoms with Crippen LogP contribution in [0.2, 0.25) is 0 Å². The first-order valence-corrected chi connectivity index (χ1v) is 5.80. The second-order valence-electron chi connectivity index (χ2n) is 3.76. The lowest BCUT2D eigenvalue weighted by Gasteiger charge is -2.18. The average Bonchev–Trinajstić information content (AvgIpc) is 2.35. The van der Waals surface area contributed by atoms with Gasteiger partial charge in [0.2, 0.25) is 0 Å². The van der Waals surface area contributed by atoms with Crippen molar-refractivity contribution in [2.75, 3.05) is 12.9 Å². The Bertz CT molecular complexity index is 405. The number of carbonyl (C=O) groups is 1. The van der Waals surface area contributed by atoms with Gasteiger partial charge < -0.3 is 14.9 Å². The number of aliphatic hydroxyl groups excluding tert-OH is 2. The van der Waals surface area contributed by atoms with Gasteiger partial charge in [-0.2, -0.15) is 12.6 Å². The number of hydrogen-bond donors (Lipinski definition) is 3. The molecule has 5 heteroatoms. The van der Waals surface area contributed by atoms with Crippen LogP contribution in [0, 0.1) is 6.92 Å². The van der Waals surface area contributed by atoms with E-state index >= 15 is 0 Å². The Kier molecular flexibility index (Phi) is 4.99. The van der Waals surface area contributed by atoms with Crippen LogP contribution in [0.5, 0.6) is 0 Å². The van der Waals surface area contributed by atoms with Gasteiger partial charge in [0.15, 0.2) is 0 Å². The third-order valence-corrected chi connectivity index (χ3v) is 2.94. The Morgan fingerprint density at radius 2 is 2.12 bits per heavy atom. The van der Waals surface area contributed by atoms with Crippen molar-refractivity contribution in [3.63, 3.8) is 0 Å². The Hall–Kier alpha value is -1.04. The highest BCUT2D eigenvalue weighted by molar-refractivity contribution is 7.80. The minimum absolute atomic E-state index is 0.166. The largest absolute Gasteiger partial charge is 0.465 e. The molecule has 0 aliphatic rings. The third-order valence-electron chi connectivity index (χ3n) is 2.56. The molecule has 2 N–H and O–H groups in total. The number of ether oxygens (including phenoxy) is 1. The number of rotatable bonds is 4. The maximum absolute atomic E-state index is 11.3. The van der Waals surface area contributed by atoms with Crippen molar-refractivity contribution >= 4 is 18.6 Å². The normalized spacial score (nSPS) is 14.2. The van der Waals surface area contributed by atoms with Crippen LogP contribution in [0.15, 0.2) is 18.2 Å². The summed E-state index contributed by atoms with van der Waals surface area (Å²) >= 11 is 3.92. The Morgan fingerprint density at radius 3 is 2.59 bits per heavy atom. The molecule has 0 aromatic heterocycles. The lowest BCUT2D eigenvalue weighted by atomic mass is 9.98. The number of esters is 1. The highest BCUT2D eigenvalue weighted by atomic mass is 32.1.